The number of phenolic OH excluding ortho intramolecular Hbond substituents is 1. The van der Waals surface area contributed by atoms with E-state index in [9.17, 15) is 5.11 Å². The van der Waals surface area contributed by atoms with E-state index in [0.29, 0.717) is 5.82 Å². The number of benzene rings is 6. The Balaban J connectivity index is 1.46. The number of fused-ring (bicyclic) bond motifs is 2. The highest BCUT2D eigenvalue weighted by Crippen LogP contribution is 2.46. The van der Waals surface area contributed by atoms with Gasteiger partial charge in [-0.3, -0.25) is 9.55 Å². The van der Waals surface area contributed by atoms with E-state index in [1.165, 1.54) is 5.56 Å². The number of para-hydroxylation sites is 2. The predicted octanol–water partition coefficient (Wildman–Crippen LogP) is 13.7. The zero-order chi connectivity index (χ0) is 38.6. The van der Waals surface area contributed by atoms with Crippen LogP contribution in [0.15, 0.2) is 140 Å². The van der Waals surface area contributed by atoms with Crippen molar-refractivity contribution in [3.63, 3.8) is 0 Å². The molecule has 1 N–H and O–H groups in total. The smallest absolute Gasteiger partial charge is 0.149 e. The summed E-state index contributed by atoms with van der Waals surface area (Å²) in [6.45, 7) is 17.7. The zero-order valence-electron chi connectivity index (χ0n) is 33.1. The molecule has 55 heavy (non-hydrogen) atoms. The van der Waals surface area contributed by atoms with Crippen LogP contribution in [0.5, 0.6) is 5.75 Å². The van der Waals surface area contributed by atoms with Gasteiger partial charge in [-0.15, -0.1) is 0 Å². The van der Waals surface area contributed by atoms with Crippen LogP contribution in [-0.4, -0.2) is 19.6 Å². The lowest BCUT2D eigenvalue weighted by atomic mass is 9.79. The predicted molar refractivity (Wildman–Crippen MR) is 231 cm³/mol. The number of rotatable bonds is 6. The van der Waals surface area contributed by atoms with Crippen LogP contribution < -0.4 is 0 Å². The molecule has 0 amide bonds. The molecule has 0 bridgehead atoms. The van der Waals surface area contributed by atoms with Crippen LogP contribution in [0.25, 0.3) is 72.4 Å². The number of aromatic hydroxyl groups is 1. The van der Waals surface area contributed by atoms with Gasteiger partial charge < -0.3 is 5.11 Å². The van der Waals surface area contributed by atoms with E-state index in [2.05, 4.69) is 187 Å². The normalized spacial score (nSPS) is 12.2. The third-order valence-corrected chi connectivity index (χ3v) is 10.8. The van der Waals surface area contributed by atoms with Crippen molar-refractivity contribution in [3.05, 3.63) is 156 Å². The van der Waals surface area contributed by atoms with Crippen molar-refractivity contribution in [2.75, 3.05) is 0 Å². The fraction of sp³-hybridized carbons (Fsp3) is 0.216. The Morgan fingerprint density at radius 2 is 1.24 bits per heavy atom. The third kappa shape index (κ3) is 6.61. The highest BCUT2D eigenvalue weighted by Gasteiger charge is 2.30. The molecule has 0 aliphatic heterocycles. The molecule has 0 aliphatic carbocycles. The van der Waals surface area contributed by atoms with Crippen LogP contribution in [-0.2, 0) is 10.8 Å². The van der Waals surface area contributed by atoms with Crippen molar-refractivity contribution in [1.29, 1.82) is 0 Å². The van der Waals surface area contributed by atoms with Gasteiger partial charge in [0.05, 0.1) is 28.0 Å². The van der Waals surface area contributed by atoms with Gasteiger partial charge in [0.1, 0.15) is 11.6 Å². The fourth-order valence-corrected chi connectivity index (χ4v) is 7.76. The second-order valence-corrected chi connectivity index (χ2v) is 17.1. The molecule has 4 nitrogen and oxygen atoms in total. The van der Waals surface area contributed by atoms with Crippen molar-refractivity contribution in [1.82, 2.24) is 14.5 Å². The van der Waals surface area contributed by atoms with E-state index in [0.717, 1.165) is 77.7 Å². The Labute approximate surface area is 325 Å². The number of pyridine rings is 1. The quantitative estimate of drug-likeness (QED) is 0.186. The molecule has 6 aromatic carbocycles. The topological polar surface area (TPSA) is 50.9 Å². The average molecular weight is 720 g/mol. The molecule has 0 saturated heterocycles. The highest BCUT2D eigenvalue weighted by molar-refractivity contribution is 5.98. The maximum atomic E-state index is 12.4. The van der Waals surface area contributed by atoms with Crippen molar-refractivity contribution in [2.45, 2.75) is 72.1 Å². The number of hydrogen-bond donors (Lipinski definition) is 1. The molecule has 0 atom stereocenters. The summed E-state index contributed by atoms with van der Waals surface area (Å²) in [5.74, 6) is 1.21. The maximum Gasteiger partial charge on any atom is 0.149 e. The van der Waals surface area contributed by atoms with Crippen molar-refractivity contribution < 1.29 is 5.11 Å². The molecule has 0 fully saturated rings. The molecular formula is C51H49N3O. The number of nitrogens with zero attached hydrogens (tertiary/aromatic N) is 3. The molecule has 8 rings (SSSR count). The molecule has 0 spiro atoms. The SMILES string of the molecule is CC(C)c1cccc(-c2ccccc2)c1-n1c(-c2cc(C(C)(C)C)cc(C(C)(C)C)c2O)nc2c(-c3cccc(-c4cc5ccccc5cn4)c3)cccc21. The molecule has 2 aromatic heterocycles. The van der Waals surface area contributed by atoms with E-state index >= 15 is 0 Å². The molecule has 0 unspecified atom stereocenters. The summed E-state index contributed by atoms with van der Waals surface area (Å²) < 4.78 is 2.32. The minimum Gasteiger partial charge on any atom is -0.507 e. The maximum absolute atomic E-state index is 12.4. The lowest BCUT2D eigenvalue weighted by molar-refractivity contribution is 0.446. The summed E-state index contributed by atoms with van der Waals surface area (Å²) in [7, 11) is 0. The van der Waals surface area contributed by atoms with Gasteiger partial charge in [-0.2, -0.15) is 0 Å². The highest BCUT2D eigenvalue weighted by atomic mass is 16.3. The Kier molecular flexibility index (Phi) is 8.96. The number of aromatic nitrogens is 3. The van der Waals surface area contributed by atoms with Crippen molar-refractivity contribution in [3.8, 4) is 56.3 Å². The molecule has 4 heteroatoms. The van der Waals surface area contributed by atoms with Gasteiger partial charge in [0.2, 0.25) is 0 Å². The van der Waals surface area contributed by atoms with Gasteiger partial charge >= 0.3 is 0 Å². The van der Waals surface area contributed by atoms with Gasteiger partial charge in [0, 0.05) is 33.8 Å². The van der Waals surface area contributed by atoms with Crippen LogP contribution in [0.1, 0.15) is 78.0 Å². The van der Waals surface area contributed by atoms with Gasteiger partial charge in [-0.1, -0.05) is 165 Å². The third-order valence-electron chi connectivity index (χ3n) is 10.8. The van der Waals surface area contributed by atoms with Crippen molar-refractivity contribution in [2.24, 2.45) is 0 Å². The summed E-state index contributed by atoms with van der Waals surface area (Å²) in [6, 6.07) is 47.1. The van der Waals surface area contributed by atoms with Gasteiger partial charge in [0.25, 0.3) is 0 Å². The summed E-state index contributed by atoms with van der Waals surface area (Å²) in [4.78, 5) is 10.5. The molecular weight excluding hydrogens is 671 g/mol. The molecule has 0 aliphatic rings. The van der Waals surface area contributed by atoms with Crippen LogP contribution >= 0.6 is 0 Å². The largest absolute Gasteiger partial charge is 0.507 e. The van der Waals surface area contributed by atoms with Crippen LogP contribution in [0.4, 0.5) is 0 Å². The van der Waals surface area contributed by atoms with Crippen LogP contribution in [0, 0.1) is 0 Å². The first-order valence-electron chi connectivity index (χ1n) is 19.3. The Morgan fingerprint density at radius 3 is 1.96 bits per heavy atom. The Hall–Kier alpha value is -6.00. The standard InChI is InChI=1S/C51H49N3O/c1-32(2)39-23-15-25-41(33-17-10-9-11-18-33)47(39)54-45-26-16-24-40(35-21-14-22-36(27-35)44-28-34-19-12-13-20-37(34)31-52-44)46(45)53-49(54)42-29-38(50(3,4)5)30-43(48(42)55)51(6,7)8/h9-32,55H,1-8H3. The first kappa shape index (κ1) is 36.0. The monoisotopic (exact) mass is 719 g/mol. The first-order chi connectivity index (χ1) is 26.3. The molecule has 2 heterocycles. The lowest BCUT2D eigenvalue weighted by Gasteiger charge is -2.28. The molecule has 0 radical (unpaired) electrons. The van der Waals surface area contributed by atoms with E-state index < -0.39 is 0 Å². The van der Waals surface area contributed by atoms with Crippen LogP contribution in [0.3, 0.4) is 0 Å². The van der Waals surface area contributed by atoms with E-state index in [-0.39, 0.29) is 22.5 Å². The number of imidazole rings is 1. The van der Waals surface area contributed by atoms with E-state index in [4.69, 9.17) is 9.97 Å². The summed E-state index contributed by atoms with van der Waals surface area (Å²) in [6.07, 6.45) is 1.95. The summed E-state index contributed by atoms with van der Waals surface area (Å²) in [5, 5.41) is 14.7. The number of phenols is 1. The first-order valence-corrected chi connectivity index (χ1v) is 19.3. The molecule has 0 saturated carbocycles. The number of hydrogen-bond acceptors (Lipinski definition) is 3. The summed E-state index contributed by atoms with van der Waals surface area (Å²) in [5.41, 5.74) is 12.7. The second-order valence-electron chi connectivity index (χ2n) is 17.1. The minimum absolute atomic E-state index is 0.160. The fourth-order valence-electron chi connectivity index (χ4n) is 7.76. The van der Waals surface area contributed by atoms with E-state index in [1.807, 2.05) is 12.3 Å². The Morgan fingerprint density at radius 1 is 0.582 bits per heavy atom. The average Bonchev–Trinajstić information content (AvgIpc) is 3.56. The lowest BCUT2D eigenvalue weighted by Crippen LogP contribution is -2.17. The molecule has 8 aromatic rings. The second kappa shape index (κ2) is 13.7. The summed E-state index contributed by atoms with van der Waals surface area (Å²) >= 11 is 0. The minimum atomic E-state index is -0.301. The van der Waals surface area contributed by atoms with Gasteiger partial charge in [-0.25, -0.2) is 4.98 Å². The van der Waals surface area contributed by atoms with E-state index in [1.54, 1.807) is 0 Å². The molecule has 274 valence electrons. The zero-order valence-corrected chi connectivity index (χ0v) is 33.1. The van der Waals surface area contributed by atoms with Crippen molar-refractivity contribution >= 4 is 21.8 Å². The van der Waals surface area contributed by atoms with Gasteiger partial charge in [0.15, 0.2) is 0 Å². The van der Waals surface area contributed by atoms with Crippen LogP contribution in [0.2, 0.25) is 0 Å². The Bertz CT molecular complexity index is 2710. The van der Waals surface area contributed by atoms with Gasteiger partial charge in [-0.05, 0) is 68.7 Å².